The lowest BCUT2D eigenvalue weighted by Crippen LogP contribution is -2.25. The second-order valence-electron chi connectivity index (χ2n) is 10.8. The van der Waals surface area contributed by atoms with Gasteiger partial charge in [-0.3, -0.25) is 0 Å². The molecular weight excluding hydrogens is 515 g/mol. The lowest BCUT2D eigenvalue weighted by Gasteiger charge is -2.31. The molecular formula is C39H25NS. The van der Waals surface area contributed by atoms with Gasteiger partial charge in [0.05, 0.1) is 11.1 Å². The first kappa shape index (κ1) is 22.9. The number of anilines is 3. The Morgan fingerprint density at radius 3 is 1.63 bits per heavy atom. The van der Waals surface area contributed by atoms with Crippen molar-refractivity contribution in [3.8, 4) is 22.3 Å². The lowest BCUT2D eigenvalue weighted by atomic mass is 9.74. The minimum Gasteiger partial charge on any atom is -0.310 e. The maximum atomic E-state index is 2.43. The first-order valence-electron chi connectivity index (χ1n) is 14.1. The molecule has 2 aliphatic rings. The molecule has 1 heterocycles. The molecule has 1 spiro atoms. The monoisotopic (exact) mass is 539 g/mol. The van der Waals surface area contributed by atoms with E-state index in [2.05, 4.69) is 157 Å². The molecule has 41 heavy (non-hydrogen) atoms. The van der Waals surface area contributed by atoms with Crippen LogP contribution in [0.25, 0.3) is 32.3 Å². The van der Waals surface area contributed by atoms with Gasteiger partial charge in [-0.05, 0) is 64.2 Å². The van der Waals surface area contributed by atoms with E-state index in [0.717, 1.165) is 11.4 Å². The fourth-order valence-electron chi connectivity index (χ4n) is 7.33. The molecule has 1 nitrogen and oxygen atoms in total. The summed E-state index contributed by atoms with van der Waals surface area (Å²) in [4.78, 5) is 3.86. The fraction of sp³-hybridized carbons (Fsp3) is 0.0256. The van der Waals surface area contributed by atoms with Gasteiger partial charge in [0.15, 0.2) is 0 Å². The summed E-state index contributed by atoms with van der Waals surface area (Å²) in [5.74, 6) is 0. The highest BCUT2D eigenvalue weighted by Crippen LogP contribution is 2.67. The summed E-state index contributed by atoms with van der Waals surface area (Å²) in [5, 5.41) is 1.33. The van der Waals surface area contributed by atoms with Gasteiger partial charge < -0.3 is 4.90 Å². The van der Waals surface area contributed by atoms with E-state index in [4.69, 9.17) is 0 Å². The van der Waals surface area contributed by atoms with Crippen LogP contribution >= 0.6 is 11.3 Å². The van der Waals surface area contributed by atoms with E-state index >= 15 is 0 Å². The standard InChI is InChI=1S/C39H25NS/c1-3-14-26(15-4-1)40(27-16-5-2-6-17-27)34-24-13-23-33-37(34)36-30-20-9-12-25-35(30)41-38(36)39(33)31-21-10-7-18-28(31)29-19-8-11-22-32(29)39/h1-25H. The topological polar surface area (TPSA) is 3.24 Å². The number of nitrogens with zero attached hydrogens (tertiary/aromatic N) is 1. The van der Waals surface area contributed by atoms with Crippen molar-refractivity contribution in [2.45, 2.75) is 5.41 Å². The normalized spacial score (nSPS) is 13.6. The molecule has 0 saturated heterocycles. The molecule has 0 radical (unpaired) electrons. The van der Waals surface area contributed by atoms with Crippen molar-refractivity contribution in [1.82, 2.24) is 0 Å². The second kappa shape index (κ2) is 8.54. The maximum absolute atomic E-state index is 2.43. The minimum absolute atomic E-state index is 0.351. The quantitative estimate of drug-likeness (QED) is 0.216. The first-order chi connectivity index (χ1) is 20.4. The number of thiophene rings is 1. The third-order valence-electron chi connectivity index (χ3n) is 8.85. The van der Waals surface area contributed by atoms with E-state index in [1.165, 1.54) is 59.6 Å². The van der Waals surface area contributed by atoms with Crippen molar-refractivity contribution >= 4 is 38.5 Å². The number of para-hydroxylation sites is 2. The second-order valence-corrected chi connectivity index (χ2v) is 11.9. The molecule has 7 aromatic rings. The van der Waals surface area contributed by atoms with Crippen LogP contribution in [0.5, 0.6) is 0 Å². The van der Waals surface area contributed by atoms with Gasteiger partial charge in [0, 0.05) is 37.5 Å². The number of fused-ring (bicyclic) bond motifs is 12. The van der Waals surface area contributed by atoms with Crippen LogP contribution in [0, 0.1) is 0 Å². The molecule has 0 bridgehead atoms. The van der Waals surface area contributed by atoms with Gasteiger partial charge in [0.2, 0.25) is 0 Å². The van der Waals surface area contributed by atoms with E-state index in [1.54, 1.807) is 0 Å². The summed E-state index contributed by atoms with van der Waals surface area (Å²) in [6, 6.07) is 55.6. The third kappa shape index (κ3) is 2.95. The van der Waals surface area contributed by atoms with Gasteiger partial charge in [0.25, 0.3) is 0 Å². The highest BCUT2D eigenvalue weighted by molar-refractivity contribution is 7.20. The summed E-state index contributed by atoms with van der Waals surface area (Å²) in [6.45, 7) is 0. The molecule has 2 aliphatic carbocycles. The van der Waals surface area contributed by atoms with Crippen molar-refractivity contribution in [3.63, 3.8) is 0 Å². The Morgan fingerprint density at radius 1 is 0.439 bits per heavy atom. The van der Waals surface area contributed by atoms with Crippen LogP contribution in [-0.4, -0.2) is 0 Å². The van der Waals surface area contributed by atoms with Crippen molar-refractivity contribution in [1.29, 1.82) is 0 Å². The van der Waals surface area contributed by atoms with Crippen molar-refractivity contribution < 1.29 is 0 Å². The Labute approximate surface area is 243 Å². The minimum atomic E-state index is -0.351. The Kier molecular flexibility index (Phi) is 4.76. The summed E-state index contributed by atoms with van der Waals surface area (Å²) >= 11 is 1.96. The SMILES string of the molecule is c1ccc(N(c2ccccc2)c2cccc3c2-c2c(sc4ccccc24)C32c3ccccc3-c3ccccc32)cc1. The maximum Gasteiger partial charge on any atom is 0.0820 e. The molecule has 0 atom stereocenters. The fourth-order valence-corrected chi connectivity index (χ4v) is 8.78. The molecule has 6 aromatic carbocycles. The third-order valence-corrected chi connectivity index (χ3v) is 10.1. The average molecular weight is 540 g/mol. The van der Waals surface area contributed by atoms with Crippen LogP contribution in [0.1, 0.15) is 21.6 Å². The van der Waals surface area contributed by atoms with Crippen LogP contribution in [0.4, 0.5) is 17.1 Å². The van der Waals surface area contributed by atoms with Crippen LogP contribution in [0.2, 0.25) is 0 Å². The van der Waals surface area contributed by atoms with Crippen molar-refractivity contribution in [3.05, 3.63) is 173 Å². The highest BCUT2D eigenvalue weighted by atomic mass is 32.1. The van der Waals surface area contributed by atoms with E-state index < -0.39 is 0 Å². The van der Waals surface area contributed by atoms with Crippen LogP contribution in [-0.2, 0) is 5.41 Å². The molecule has 1 aromatic heterocycles. The van der Waals surface area contributed by atoms with E-state index in [9.17, 15) is 0 Å². The molecule has 0 amide bonds. The van der Waals surface area contributed by atoms with Crippen LogP contribution in [0.3, 0.4) is 0 Å². The lowest BCUT2D eigenvalue weighted by molar-refractivity contribution is 0.811. The molecule has 0 N–H and O–H groups in total. The number of rotatable bonds is 3. The molecule has 9 rings (SSSR count). The highest BCUT2D eigenvalue weighted by Gasteiger charge is 2.54. The van der Waals surface area contributed by atoms with Crippen molar-refractivity contribution in [2.24, 2.45) is 0 Å². The predicted molar refractivity (Wildman–Crippen MR) is 173 cm³/mol. The molecule has 0 aliphatic heterocycles. The van der Waals surface area contributed by atoms with Gasteiger partial charge in [-0.1, -0.05) is 115 Å². The number of hydrogen-bond acceptors (Lipinski definition) is 2. The molecule has 0 unspecified atom stereocenters. The van der Waals surface area contributed by atoms with Gasteiger partial charge >= 0.3 is 0 Å². The summed E-state index contributed by atoms with van der Waals surface area (Å²) < 4.78 is 1.34. The largest absolute Gasteiger partial charge is 0.310 e. The van der Waals surface area contributed by atoms with E-state index in [1.807, 2.05) is 11.3 Å². The Bertz CT molecular complexity index is 2020. The van der Waals surface area contributed by atoms with Crippen LogP contribution < -0.4 is 4.90 Å². The van der Waals surface area contributed by atoms with Crippen LogP contribution in [0.15, 0.2) is 152 Å². The average Bonchev–Trinajstić information content (AvgIpc) is 3.66. The smallest absolute Gasteiger partial charge is 0.0820 e. The van der Waals surface area contributed by atoms with Gasteiger partial charge in [-0.2, -0.15) is 0 Å². The van der Waals surface area contributed by atoms with Gasteiger partial charge in [0.1, 0.15) is 0 Å². The zero-order valence-corrected chi connectivity index (χ0v) is 23.1. The molecule has 192 valence electrons. The number of benzene rings is 6. The van der Waals surface area contributed by atoms with E-state index in [0.29, 0.717) is 0 Å². The van der Waals surface area contributed by atoms with E-state index in [-0.39, 0.29) is 5.41 Å². The zero-order chi connectivity index (χ0) is 27.0. The summed E-state index contributed by atoms with van der Waals surface area (Å²) in [6.07, 6.45) is 0. The zero-order valence-electron chi connectivity index (χ0n) is 22.3. The summed E-state index contributed by atoms with van der Waals surface area (Å²) in [5.41, 5.74) is 12.7. The molecule has 2 heteroatoms. The Balaban J connectivity index is 1.46. The van der Waals surface area contributed by atoms with Gasteiger partial charge in [-0.15, -0.1) is 11.3 Å². The molecule has 0 fully saturated rings. The van der Waals surface area contributed by atoms with Crippen molar-refractivity contribution in [2.75, 3.05) is 4.90 Å². The van der Waals surface area contributed by atoms with Gasteiger partial charge in [-0.25, -0.2) is 0 Å². The first-order valence-corrected chi connectivity index (χ1v) is 14.9. The Hall–Kier alpha value is -4.92. The Morgan fingerprint density at radius 2 is 0.976 bits per heavy atom. The number of hydrogen-bond donors (Lipinski definition) is 0. The summed E-state index contributed by atoms with van der Waals surface area (Å²) in [7, 11) is 0. The molecule has 0 saturated carbocycles. The predicted octanol–water partition coefficient (Wildman–Crippen LogP) is 10.7.